The van der Waals surface area contributed by atoms with Crippen LogP contribution in [0, 0.1) is 16.7 Å². The van der Waals surface area contributed by atoms with Gasteiger partial charge >= 0.3 is 0 Å². The van der Waals surface area contributed by atoms with Gasteiger partial charge < -0.3 is 26.1 Å². The number of morpholine rings is 1. The zero-order valence-electron chi connectivity index (χ0n) is 16.6. The molecule has 2 aliphatic rings. The number of aromatic nitrogens is 3. The van der Waals surface area contributed by atoms with E-state index in [2.05, 4.69) is 34.4 Å². The third kappa shape index (κ3) is 3.34. The number of ether oxygens (including phenoxy) is 1. The summed E-state index contributed by atoms with van der Waals surface area (Å²) in [7, 11) is 0. The van der Waals surface area contributed by atoms with Gasteiger partial charge in [0.15, 0.2) is 5.65 Å². The number of hydrogen-bond acceptors (Lipinski definition) is 8. The second kappa shape index (κ2) is 7.81. The molecule has 2 saturated heterocycles. The van der Waals surface area contributed by atoms with E-state index in [0.717, 1.165) is 55.5 Å². The van der Waals surface area contributed by atoms with E-state index in [4.69, 9.17) is 20.9 Å². The van der Waals surface area contributed by atoms with E-state index >= 15 is 0 Å². The van der Waals surface area contributed by atoms with Crippen molar-refractivity contribution in [2.24, 2.45) is 5.73 Å². The number of rotatable bonds is 4. The van der Waals surface area contributed by atoms with Gasteiger partial charge in [-0.05, 0) is 50.6 Å². The molecule has 4 N–H and O–H groups in total. The van der Waals surface area contributed by atoms with Crippen molar-refractivity contribution in [3.05, 3.63) is 23.9 Å². The summed E-state index contributed by atoms with van der Waals surface area (Å²) in [5.41, 5.74) is 7.10. The van der Waals surface area contributed by atoms with Gasteiger partial charge in [-0.2, -0.15) is 15.0 Å². The number of allylic oxidation sites excluding steroid dienone is 1. The minimum absolute atomic E-state index is 0.179. The van der Waals surface area contributed by atoms with Crippen molar-refractivity contribution >= 4 is 28.9 Å². The van der Waals surface area contributed by atoms with Crippen LogP contribution in [0.15, 0.2) is 18.3 Å². The topological polar surface area (TPSA) is 129 Å². The van der Waals surface area contributed by atoms with E-state index in [9.17, 15) is 5.26 Å². The highest BCUT2D eigenvalue weighted by Gasteiger charge is 2.37. The number of pyridine rings is 1. The van der Waals surface area contributed by atoms with Gasteiger partial charge in [-0.3, -0.25) is 0 Å². The molecule has 9 nitrogen and oxygen atoms in total. The molecule has 152 valence electrons. The Labute approximate surface area is 169 Å². The summed E-state index contributed by atoms with van der Waals surface area (Å²) in [4.78, 5) is 7.10. The number of nitriles is 1. The van der Waals surface area contributed by atoms with Crippen LogP contribution in [0.1, 0.15) is 25.3 Å². The molecule has 0 amide bonds. The summed E-state index contributed by atoms with van der Waals surface area (Å²) in [6.45, 7) is 5.71. The minimum atomic E-state index is -0.593. The fourth-order valence-electron chi connectivity index (χ4n) is 4.24. The Morgan fingerprint density at radius 2 is 2.28 bits per heavy atom. The monoisotopic (exact) mass is 394 g/mol. The van der Waals surface area contributed by atoms with Crippen LogP contribution < -0.4 is 16.0 Å². The van der Waals surface area contributed by atoms with Crippen LogP contribution in [0.4, 0.5) is 5.82 Å². The first-order valence-corrected chi connectivity index (χ1v) is 9.92. The molecule has 4 rings (SSSR count). The van der Waals surface area contributed by atoms with Gasteiger partial charge in [0, 0.05) is 18.1 Å². The summed E-state index contributed by atoms with van der Waals surface area (Å²) in [5.74, 6) is 1.12. The van der Waals surface area contributed by atoms with Gasteiger partial charge in [-0.25, -0.2) is 4.98 Å². The fraction of sp³-hybridized carbons (Fsp3) is 0.500. The van der Waals surface area contributed by atoms with E-state index in [1.54, 1.807) is 10.9 Å². The van der Waals surface area contributed by atoms with Gasteiger partial charge in [-0.15, -0.1) is 0 Å². The zero-order chi connectivity index (χ0) is 20.4. The van der Waals surface area contributed by atoms with Crippen LogP contribution in [0.5, 0.6) is 0 Å². The molecule has 4 heterocycles. The molecule has 2 aromatic rings. The number of fused-ring (bicyclic) bond motifs is 1. The first-order chi connectivity index (χ1) is 14.1. The molecule has 9 heteroatoms. The Kier molecular flexibility index (Phi) is 5.22. The van der Waals surface area contributed by atoms with Crippen LogP contribution in [0.25, 0.3) is 16.9 Å². The molecule has 0 aromatic carbocycles. The molecule has 0 unspecified atom stereocenters. The second-order valence-electron chi connectivity index (χ2n) is 7.64. The number of piperidine rings is 1. The predicted molar refractivity (Wildman–Crippen MR) is 112 cm³/mol. The van der Waals surface area contributed by atoms with Crippen LogP contribution in [0.2, 0.25) is 0 Å². The van der Waals surface area contributed by atoms with Crippen molar-refractivity contribution in [1.29, 1.82) is 10.7 Å². The Balaban J connectivity index is 1.95. The first-order valence-electron chi connectivity index (χ1n) is 9.92. The number of anilines is 1. The lowest BCUT2D eigenvalue weighted by molar-refractivity contribution is 0.0985. The molecular formula is C20H26N8O. The maximum absolute atomic E-state index is 10.2. The summed E-state index contributed by atoms with van der Waals surface area (Å²) >= 11 is 0. The number of nitrogens with zero attached hydrogens (tertiary/aromatic N) is 5. The maximum atomic E-state index is 10.2. The zero-order valence-corrected chi connectivity index (χ0v) is 16.6. The highest BCUT2D eigenvalue weighted by molar-refractivity contribution is 5.86. The third-order valence-corrected chi connectivity index (χ3v) is 5.88. The first kappa shape index (κ1) is 19.4. The Bertz CT molecular complexity index is 982. The SMILES string of the molecule is C[C@@H]1COCCN1c1cc(C2(C#N)CCNCC2)c2cnn(C(N)=CC=N)c2n1. The van der Waals surface area contributed by atoms with Gasteiger partial charge in [-0.1, -0.05) is 0 Å². The lowest BCUT2D eigenvalue weighted by Gasteiger charge is -2.36. The van der Waals surface area contributed by atoms with Gasteiger partial charge in [0.1, 0.15) is 11.6 Å². The molecule has 0 radical (unpaired) electrons. The summed E-state index contributed by atoms with van der Waals surface area (Å²) in [6, 6.07) is 4.84. The largest absolute Gasteiger partial charge is 0.384 e. The highest BCUT2D eigenvalue weighted by atomic mass is 16.5. The molecule has 0 saturated carbocycles. The van der Waals surface area contributed by atoms with Crippen molar-refractivity contribution in [2.75, 3.05) is 37.7 Å². The molecule has 29 heavy (non-hydrogen) atoms. The number of nitrogens with two attached hydrogens (primary N) is 1. The number of nitrogens with one attached hydrogen (secondary N) is 2. The molecule has 2 aliphatic heterocycles. The van der Waals surface area contributed by atoms with Crippen LogP contribution >= 0.6 is 0 Å². The summed E-state index contributed by atoms with van der Waals surface area (Å²) < 4.78 is 7.13. The third-order valence-electron chi connectivity index (χ3n) is 5.88. The lowest BCUT2D eigenvalue weighted by atomic mass is 9.73. The quantitative estimate of drug-likeness (QED) is 0.665. The molecule has 0 spiro atoms. The van der Waals surface area contributed by atoms with Gasteiger partial charge in [0.05, 0.1) is 36.9 Å². The van der Waals surface area contributed by atoms with Crippen LogP contribution in [-0.2, 0) is 10.2 Å². The average molecular weight is 394 g/mol. The van der Waals surface area contributed by atoms with E-state index in [1.165, 1.54) is 6.08 Å². The van der Waals surface area contributed by atoms with Crippen molar-refractivity contribution in [3.63, 3.8) is 0 Å². The standard InChI is InChI=1S/C20H26N8O/c1-14-12-29-9-8-27(14)18-10-16(20(13-22)3-6-24-7-4-20)15-11-25-28(19(15)26-18)17(23)2-5-21/h2,5,10-11,14,21,24H,3-4,6-9,12,23H2,1H3/t14-/m1/s1. The molecule has 1 atom stereocenters. The average Bonchev–Trinajstić information content (AvgIpc) is 3.18. The fourth-order valence-corrected chi connectivity index (χ4v) is 4.24. The highest BCUT2D eigenvalue weighted by Crippen LogP contribution is 2.39. The minimum Gasteiger partial charge on any atom is -0.384 e. The van der Waals surface area contributed by atoms with Crippen molar-refractivity contribution in [1.82, 2.24) is 20.1 Å². The smallest absolute Gasteiger partial charge is 0.167 e. The Hall–Kier alpha value is -2.96. The van der Waals surface area contributed by atoms with E-state index in [-0.39, 0.29) is 6.04 Å². The maximum Gasteiger partial charge on any atom is 0.167 e. The summed E-state index contributed by atoms with van der Waals surface area (Å²) in [6.07, 6.45) is 5.80. The molecule has 2 fully saturated rings. The molecule has 0 bridgehead atoms. The van der Waals surface area contributed by atoms with Crippen LogP contribution in [0.3, 0.4) is 0 Å². The van der Waals surface area contributed by atoms with E-state index in [0.29, 0.717) is 24.7 Å². The van der Waals surface area contributed by atoms with Crippen LogP contribution in [-0.4, -0.2) is 59.9 Å². The van der Waals surface area contributed by atoms with Crippen molar-refractivity contribution < 1.29 is 4.74 Å². The second-order valence-corrected chi connectivity index (χ2v) is 7.64. The van der Waals surface area contributed by atoms with E-state index < -0.39 is 5.41 Å². The molecule has 0 aliphatic carbocycles. The van der Waals surface area contributed by atoms with Crippen molar-refractivity contribution in [2.45, 2.75) is 31.2 Å². The predicted octanol–water partition coefficient (Wildman–Crippen LogP) is 1.21. The Morgan fingerprint density at radius 1 is 1.48 bits per heavy atom. The Morgan fingerprint density at radius 3 is 2.97 bits per heavy atom. The van der Waals surface area contributed by atoms with E-state index in [1.807, 2.05) is 0 Å². The van der Waals surface area contributed by atoms with Gasteiger partial charge in [0.2, 0.25) is 0 Å². The molecule has 2 aromatic heterocycles. The summed E-state index contributed by atoms with van der Waals surface area (Å²) in [5, 5.41) is 26.1. The number of hydrogen-bond donors (Lipinski definition) is 3. The lowest BCUT2D eigenvalue weighted by Crippen LogP contribution is -2.44. The molecular weight excluding hydrogens is 368 g/mol. The normalized spacial score (nSPS) is 22.4. The van der Waals surface area contributed by atoms with Gasteiger partial charge in [0.25, 0.3) is 0 Å². The van der Waals surface area contributed by atoms with Crippen molar-refractivity contribution in [3.8, 4) is 6.07 Å².